The number of aliphatic hydroxyl groups excluding tert-OH is 2. The molecule has 5 N–H and O–H groups in total. The van der Waals surface area contributed by atoms with Crippen LogP contribution >= 0.6 is 0 Å². The molecule has 0 radical (unpaired) electrons. The fourth-order valence-corrected chi connectivity index (χ4v) is 9.78. The predicted octanol–water partition coefficient (Wildman–Crippen LogP) is 3.65. The molecule has 1 amide bonds. The second-order valence-electron chi connectivity index (χ2n) is 18.1. The maximum atomic E-state index is 14.4. The number of nitrogen functional groups attached to an aromatic ring is 1. The number of cyclic esters (lactones) is 1. The molecule has 0 aliphatic carbocycles. The molecule has 3 saturated heterocycles. The van der Waals surface area contributed by atoms with E-state index in [1.165, 1.54) is 6.92 Å². The third-order valence-electron chi connectivity index (χ3n) is 13.2. The standard InChI is InChI=1S/C44H71N7O10/c1-12-32-36(53)34(49(9)10)37(54)41(58-32)60-39-26(4)35(52)27(5)40(55)59-33(13-2)44(8)38(28(6)46-23-25(3)22-43(39,7)57-11)51(42(56)61-44)20-15-14-19-50-24-31(47-48-50)29-17-16-18-30(45)21-29/h16-18,21,24-28,32-34,36-39,41,46,53-54H,12-15,19-20,22-23,45H2,1-11H3/t25-,26-,27-,28-,32-,33-,34+,36-,37-,38-,39+,41?,43-,44-/m1/s1. The van der Waals surface area contributed by atoms with E-state index in [0.717, 1.165) is 11.3 Å². The topological polar surface area (TPSA) is 213 Å². The summed E-state index contributed by atoms with van der Waals surface area (Å²) in [5, 5.41) is 34.9. The Hall–Kier alpha value is -3.71. The second-order valence-corrected chi connectivity index (χ2v) is 18.1. The van der Waals surface area contributed by atoms with Crippen molar-refractivity contribution < 1.29 is 48.3 Å². The van der Waals surface area contributed by atoms with Crippen LogP contribution in [0.4, 0.5) is 10.5 Å². The molecule has 14 atom stereocenters. The van der Waals surface area contributed by atoms with E-state index in [-0.39, 0.29) is 12.0 Å². The quantitative estimate of drug-likeness (QED) is 0.104. The zero-order valence-electron chi connectivity index (χ0n) is 37.9. The molecular formula is C44H71N7O10. The maximum absolute atomic E-state index is 14.4. The monoisotopic (exact) mass is 858 g/mol. The Morgan fingerprint density at radius 1 is 1.03 bits per heavy atom. The largest absolute Gasteiger partial charge is 0.458 e. The summed E-state index contributed by atoms with van der Waals surface area (Å²) in [5.41, 5.74) is 5.83. The lowest BCUT2D eigenvalue weighted by Crippen LogP contribution is -2.64. The molecule has 342 valence electrons. The van der Waals surface area contributed by atoms with Gasteiger partial charge in [0.15, 0.2) is 17.7 Å². The number of ether oxygens (including phenoxy) is 5. The number of nitrogens with two attached hydrogens (primary N) is 1. The molecule has 0 spiro atoms. The van der Waals surface area contributed by atoms with Gasteiger partial charge >= 0.3 is 12.1 Å². The van der Waals surface area contributed by atoms with Crippen molar-refractivity contribution in [1.29, 1.82) is 0 Å². The third kappa shape index (κ3) is 10.4. The van der Waals surface area contributed by atoms with Gasteiger partial charge in [-0.1, -0.05) is 45.0 Å². The van der Waals surface area contributed by atoms with Crippen LogP contribution in [-0.2, 0) is 39.8 Å². The van der Waals surface area contributed by atoms with Crippen molar-refractivity contribution in [2.75, 3.05) is 40.0 Å². The molecule has 2 aromatic rings. The van der Waals surface area contributed by atoms with Crippen LogP contribution in [0, 0.1) is 17.8 Å². The van der Waals surface area contributed by atoms with Crippen molar-refractivity contribution in [2.24, 2.45) is 17.8 Å². The number of nitrogens with zero attached hydrogens (tertiary/aromatic N) is 5. The molecule has 4 heterocycles. The third-order valence-corrected chi connectivity index (χ3v) is 13.2. The molecule has 61 heavy (non-hydrogen) atoms. The van der Waals surface area contributed by atoms with E-state index in [1.54, 1.807) is 42.6 Å². The van der Waals surface area contributed by atoms with Gasteiger partial charge in [-0.2, -0.15) is 0 Å². The summed E-state index contributed by atoms with van der Waals surface area (Å²) in [7, 11) is 5.09. The Bertz CT molecular complexity index is 1800. The van der Waals surface area contributed by atoms with Crippen LogP contribution in [0.2, 0.25) is 0 Å². The van der Waals surface area contributed by atoms with Crippen molar-refractivity contribution in [2.45, 2.75) is 160 Å². The van der Waals surface area contributed by atoms with Crippen LogP contribution in [0.1, 0.15) is 87.5 Å². The summed E-state index contributed by atoms with van der Waals surface area (Å²) >= 11 is 0. The Balaban J connectivity index is 1.39. The molecule has 5 rings (SSSR count). The lowest BCUT2D eigenvalue weighted by Gasteiger charge is -2.48. The number of carbonyl (C=O) groups excluding carboxylic acids is 3. The molecular weight excluding hydrogens is 787 g/mol. The number of nitrogens with one attached hydrogen (secondary N) is 1. The molecule has 3 fully saturated rings. The first-order valence-corrected chi connectivity index (χ1v) is 21.9. The molecule has 3 aliphatic rings. The van der Waals surface area contributed by atoms with E-state index in [0.29, 0.717) is 57.4 Å². The zero-order valence-corrected chi connectivity index (χ0v) is 37.9. The van der Waals surface area contributed by atoms with E-state index < -0.39 is 89.8 Å². The van der Waals surface area contributed by atoms with Crippen molar-refractivity contribution in [3.63, 3.8) is 0 Å². The minimum atomic E-state index is -1.26. The number of fused-ring (bicyclic) bond motifs is 1. The Kier molecular flexibility index (Phi) is 16.0. The predicted molar refractivity (Wildman–Crippen MR) is 228 cm³/mol. The normalized spacial score (nSPS) is 36.9. The number of hydrogen-bond donors (Lipinski definition) is 4. The average molecular weight is 858 g/mol. The van der Waals surface area contributed by atoms with Crippen LogP contribution in [0.25, 0.3) is 11.3 Å². The Morgan fingerprint density at radius 2 is 1.74 bits per heavy atom. The van der Waals surface area contributed by atoms with Gasteiger partial charge in [-0.15, -0.1) is 5.10 Å². The van der Waals surface area contributed by atoms with Crippen LogP contribution < -0.4 is 11.1 Å². The SMILES string of the molecule is CC[C@H]1OC(O[C@H]2[C@H](C)C(=O)[C@@H](C)C(=O)O[C@H](CC)[C@@]3(C)OC(=O)N(CCCCn4cc(-c5cccc(N)c5)nn4)[C@@H]3[C@@H](C)NC[C@H](C)C[C@@]2(C)OC)[C@H](O)[C@@H](N(C)C)[C@@H]1O. The van der Waals surface area contributed by atoms with E-state index in [2.05, 4.69) is 22.6 Å². The van der Waals surface area contributed by atoms with E-state index in [9.17, 15) is 24.6 Å². The van der Waals surface area contributed by atoms with Crippen molar-refractivity contribution in [3.05, 3.63) is 30.5 Å². The lowest BCUT2D eigenvalue weighted by atomic mass is 9.78. The number of esters is 1. The van der Waals surface area contributed by atoms with Gasteiger partial charge < -0.3 is 49.8 Å². The van der Waals surface area contributed by atoms with Crippen LogP contribution in [0.15, 0.2) is 30.5 Å². The number of aliphatic hydroxyl groups is 2. The fraction of sp³-hybridized carbons (Fsp3) is 0.750. The Morgan fingerprint density at radius 3 is 2.38 bits per heavy atom. The first kappa shape index (κ1) is 48.3. The Labute approximate surface area is 360 Å². The van der Waals surface area contributed by atoms with Crippen LogP contribution in [0.5, 0.6) is 0 Å². The number of methoxy groups -OCH3 is 1. The number of rotatable bonds is 12. The summed E-state index contributed by atoms with van der Waals surface area (Å²) in [6.45, 7) is 16.1. The number of anilines is 1. The molecule has 17 nitrogen and oxygen atoms in total. The van der Waals surface area contributed by atoms with Gasteiger partial charge in [0, 0.05) is 43.4 Å². The van der Waals surface area contributed by atoms with Crippen LogP contribution in [0.3, 0.4) is 0 Å². The average Bonchev–Trinajstić information content (AvgIpc) is 3.80. The first-order valence-electron chi connectivity index (χ1n) is 21.9. The highest BCUT2D eigenvalue weighted by atomic mass is 16.7. The first-order chi connectivity index (χ1) is 28.8. The van der Waals surface area contributed by atoms with Crippen molar-refractivity contribution in [3.8, 4) is 11.3 Å². The molecule has 1 unspecified atom stereocenters. The number of aromatic nitrogens is 3. The molecule has 0 bridgehead atoms. The summed E-state index contributed by atoms with van der Waals surface area (Å²) in [4.78, 5) is 45.8. The van der Waals surface area contributed by atoms with Gasteiger partial charge in [0.25, 0.3) is 0 Å². The van der Waals surface area contributed by atoms with Gasteiger partial charge in [0.2, 0.25) is 0 Å². The number of unbranched alkanes of at least 4 members (excludes halogenated alkanes) is 1. The molecule has 1 aromatic heterocycles. The highest BCUT2D eigenvalue weighted by Gasteiger charge is 2.59. The number of amides is 1. The second kappa shape index (κ2) is 20.2. The van der Waals surface area contributed by atoms with E-state index in [1.807, 2.05) is 65.1 Å². The van der Waals surface area contributed by atoms with Crippen molar-refractivity contribution in [1.82, 2.24) is 30.1 Å². The minimum Gasteiger partial charge on any atom is -0.458 e. The molecule has 17 heteroatoms. The smallest absolute Gasteiger partial charge is 0.410 e. The number of likely N-dealkylation sites (N-methyl/N-ethyl adjacent to an activating group) is 1. The van der Waals surface area contributed by atoms with Crippen molar-refractivity contribution >= 4 is 23.5 Å². The number of hydrogen-bond acceptors (Lipinski definition) is 15. The summed E-state index contributed by atoms with van der Waals surface area (Å²) in [5.74, 6) is -3.40. The summed E-state index contributed by atoms with van der Waals surface area (Å²) < 4.78 is 33.3. The minimum absolute atomic E-state index is 0.0576. The van der Waals surface area contributed by atoms with E-state index in [4.69, 9.17) is 29.4 Å². The maximum Gasteiger partial charge on any atom is 0.410 e. The van der Waals surface area contributed by atoms with Gasteiger partial charge in [-0.25, -0.2) is 4.79 Å². The highest BCUT2D eigenvalue weighted by Crippen LogP contribution is 2.40. The van der Waals surface area contributed by atoms with Gasteiger partial charge in [0.05, 0.1) is 42.2 Å². The van der Waals surface area contributed by atoms with Gasteiger partial charge in [-0.05, 0) is 98.5 Å². The molecule has 3 aliphatic heterocycles. The fourth-order valence-electron chi connectivity index (χ4n) is 9.78. The summed E-state index contributed by atoms with van der Waals surface area (Å²) in [6, 6.07) is 5.91. The van der Waals surface area contributed by atoms with Gasteiger partial charge in [-0.3, -0.25) is 19.2 Å². The number of carbonyl (C=O) groups is 3. The number of ketones is 1. The summed E-state index contributed by atoms with van der Waals surface area (Å²) in [6.07, 6.45) is -2.04. The highest BCUT2D eigenvalue weighted by molar-refractivity contribution is 6.00. The van der Waals surface area contributed by atoms with E-state index >= 15 is 0 Å². The number of benzene rings is 1. The number of Topliss-reactive ketones (excluding diaryl/α,β-unsaturated/α-hetero) is 1. The molecule has 0 saturated carbocycles. The molecule has 1 aromatic carbocycles. The van der Waals surface area contributed by atoms with Crippen LogP contribution in [-0.4, -0.2) is 153 Å². The lowest BCUT2D eigenvalue weighted by molar-refractivity contribution is -0.316. The number of aryl methyl sites for hydroxylation is 1. The zero-order chi connectivity index (χ0) is 45.0. The van der Waals surface area contributed by atoms with Gasteiger partial charge in [0.1, 0.15) is 23.8 Å².